The molecule has 0 aliphatic rings. The highest BCUT2D eigenvalue weighted by Gasteiger charge is 2.20. The van der Waals surface area contributed by atoms with Crippen molar-refractivity contribution in [3.63, 3.8) is 0 Å². The summed E-state index contributed by atoms with van der Waals surface area (Å²) in [5, 5.41) is 8.65. The highest BCUT2D eigenvalue weighted by atomic mass is 16.4. The van der Waals surface area contributed by atoms with Crippen LogP contribution in [0.25, 0.3) is 0 Å². The minimum absolute atomic E-state index is 0.160. The molecule has 1 atom stereocenters. The van der Waals surface area contributed by atoms with Crippen LogP contribution in [-0.4, -0.2) is 35.6 Å². The van der Waals surface area contributed by atoms with Crippen molar-refractivity contribution >= 4 is 5.97 Å². The lowest BCUT2D eigenvalue weighted by atomic mass is 10.00. The third-order valence-electron chi connectivity index (χ3n) is 2.22. The Morgan fingerprint density at radius 3 is 2.25 bits per heavy atom. The van der Waals surface area contributed by atoms with Crippen molar-refractivity contribution in [1.82, 2.24) is 4.90 Å². The zero-order valence-corrected chi connectivity index (χ0v) is 8.37. The van der Waals surface area contributed by atoms with Gasteiger partial charge in [-0.2, -0.15) is 0 Å². The first-order valence-electron chi connectivity index (χ1n) is 4.41. The minimum atomic E-state index is -0.714. The number of hydrogen-bond donors (Lipinski definition) is 1. The Morgan fingerprint density at radius 1 is 1.50 bits per heavy atom. The van der Waals surface area contributed by atoms with E-state index in [1.165, 1.54) is 0 Å². The number of carboxylic acids is 1. The van der Waals surface area contributed by atoms with E-state index in [2.05, 4.69) is 18.7 Å². The molecule has 0 aromatic rings. The number of carbonyl (C=O) groups is 1. The van der Waals surface area contributed by atoms with Crippen LogP contribution >= 0.6 is 0 Å². The Labute approximate surface area is 74.4 Å². The second-order valence-electron chi connectivity index (χ2n) is 3.48. The van der Waals surface area contributed by atoms with E-state index >= 15 is 0 Å². The number of carboxylic acid groups (broad SMARTS) is 1. The fourth-order valence-electron chi connectivity index (χ4n) is 1.31. The molecule has 0 bridgehead atoms. The highest BCUT2D eigenvalue weighted by molar-refractivity contribution is 5.67. The van der Waals surface area contributed by atoms with Gasteiger partial charge in [-0.05, 0) is 19.5 Å². The van der Waals surface area contributed by atoms with E-state index in [9.17, 15) is 4.79 Å². The van der Waals surface area contributed by atoms with Gasteiger partial charge in [-0.1, -0.05) is 20.8 Å². The number of aliphatic carboxylic acids is 1. The van der Waals surface area contributed by atoms with Crippen LogP contribution < -0.4 is 0 Å². The van der Waals surface area contributed by atoms with Crippen LogP contribution in [-0.2, 0) is 4.79 Å². The summed E-state index contributed by atoms with van der Waals surface area (Å²) in [4.78, 5) is 12.6. The first-order valence-corrected chi connectivity index (χ1v) is 4.41. The molecule has 0 aliphatic carbocycles. The molecule has 0 aliphatic heterocycles. The highest BCUT2D eigenvalue weighted by Crippen LogP contribution is 2.12. The Bertz CT molecular complexity index is 145. The smallest absolute Gasteiger partial charge is 0.304 e. The standard InChI is InChI=1S/C9H19NO2/c1-5-10(4)8(7(2)3)6-9(11)12/h7-8H,5-6H2,1-4H3,(H,11,12). The summed E-state index contributed by atoms with van der Waals surface area (Å²) in [5.74, 6) is -0.319. The van der Waals surface area contributed by atoms with Crippen molar-refractivity contribution in [3.05, 3.63) is 0 Å². The minimum Gasteiger partial charge on any atom is -0.481 e. The van der Waals surface area contributed by atoms with Gasteiger partial charge in [0.15, 0.2) is 0 Å². The van der Waals surface area contributed by atoms with Crippen LogP contribution in [0.2, 0.25) is 0 Å². The molecule has 0 rings (SSSR count). The topological polar surface area (TPSA) is 40.5 Å². The number of nitrogens with zero attached hydrogens (tertiary/aromatic N) is 1. The summed E-state index contributed by atoms with van der Waals surface area (Å²) >= 11 is 0. The molecule has 1 N–H and O–H groups in total. The maximum absolute atomic E-state index is 10.5. The first-order chi connectivity index (χ1) is 5.49. The van der Waals surface area contributed by atoms with E-state index in [0.29, 0.717) is 5.92 Å². The maximum atomic E-state index is 10.5. The maximum Gasteiger partial charge on any atom is 0.304 e. The molecule has 0 aromatic carbocycles. The van der Waals surface area contributed by atoms with Gasteiger partial charge < -0.3 is 10.0 Å². The van der Waals surface area contributed by atoms with Crippen molar-refractivity contribution in [3.8, 4) is 0 Å². The van der Waals surface area contributed by atoms with Crippen molar-refractivity contribution in [2.75, 3.05) is 13.6 Å². The molecule has 0 aromatic heterocycles. The molecule has 72 valence electrons. The summed E-state index contributed by atoms with van der Waals surface area (Å²) in [6.45, 7) is 7.05. The van der Waals surface area contributed by atoms with E-state index in [-0.39, 0.29) is 12.5 Å². The van der Waals surface area contributed by atoms with Gasteiger partial charge in [0.1, 0.15) is 0 Å². The monoisotopic (exact) mass is 173 g/mol. The first kappa shape index (κ1) is 11.4. The lowest BCUT2D eigenvalue weighted by Crippen LogP contribution is -2.37. The van der Waals surface area contributed by atoms with Crippen LogP contribution in [0.1, 0.15) is 27.2 Å². The largest absolute Gasteiger partial charge is 0.481 e. The average molecular weight is 173 g/mol. The van der Waals surface area contributed by atoms with E-state index in [4.69, 9.17) is 5.11 Å². The lowest BCUT2D eigenvalue weighted by Gasteiger charge is -2.28. The van der Waals surface area contributed by atoms with Crippen molar-refractivity contribution < 1.29 is 9.90 Å². The van der Waals surface area contributed by atoms with Crippen LogP contribution in [0.5, 0.6) is 0 Å². The van der Waals surface area contributed by atoms with Crippen LogP contribution in [0.3, 0.4) is 0 Å². The molecule has 3 heteroatoms. The lowest BCUT2D eigenvalue weighted by molar-refractivity contribution is -0.138. The molecule has 12 heavy (non-hydrogen) atoms. The third kappa shape index (κ3) is 3.72. The number of rotatable bonds is 5. The summed E-state index contributed by atoms with van der Waals surface area (Å²) in [7, 11) is 1.97. The van der Waals surface area contributed by atoms with Crippen LogP contribution in [0, 0.1) is 5.92 Å². The predicted octanol–water partition coefficient (Wildman–Crippen LogP) is 1.44. The molecule has 0 saturated carbocycles. The molecular formula is C9H19NO2. The van der Waals surface area contributed by atoms with E-state index in [1.54, 1.807) is 0 Å². The van der Waals surface area contributed by atoms with Gasteiger partial charge in [-0.15, -0.1) is 0 Å². The molecular weight excluding hydrogens is 154 g/mol. The van der Waals surface area contributed by atoms with E-state index < -0.39 is 5.97 Å². The van der Waals surface area contributed by atoms with Gasteiger partial charge in [-0.25, -0.2) is 0 Å². The van der Waals surface area contributed by atoms with Gasteiger partial charge >= 0.3 is 5.97 Å². The van der Waals surface area contributed by atoms with Gasteiger partial charge in [0.2, 0.25) is 0 Å². The second-order valence-corrected chi connectivity index (χ2v) is 3.48. The van der Waals surface area contributed by atoms with Gasteiger partial charge in [-0.3, -0.25) is 4.79 Å². The number of hydrogen-bond acceptors (Lipinski definition) is 2. The molecule has 0 amide bonds. The molecule has 0 saturated heterocycles. The fourth-order valence-corrected chi connectivity index (χ4v) is 1.31. The van der Waals surface area contributed by atoms with Gasteiger partial charge in [0, 0.05) is 6.04 Å². The van der Waals surface area contributed by atoms with E-state index in [1.807, 2.05) is 14.0 Å². The zero-order chi connectivity index (χ0) is 9.72. The predicted molar refractivity (Wildman–Crippen MR) is 49.2 cm³/mol. The Morgan fingerprint density at radius 2 is 2.00 bits per heavy atom. The Hall–Kier alpha value is -0.570. The zero-order valence-electron chi connectivity index (χ0n) is 8.37. The third-order valence-corrected chi connectivity index (χ3v) is 2.22. The molecule has 3 nitrogen and oxygen atoms in total. The molecule has 0 spiro atoms. The second kappa shape index (κ2) is 5.14. The SMILES string of the molecule is CCN(C)C(CC(=O)O)C(C)C. The quantitative estimate of drug-likeness (QED) is 0.684. The van der Waals surface area contributed by atoms with Crippen molar-refractivity contribution in [1.29, 1.82) is 0 Å². The van der Waals surface area contributed by atoms with Crippen LogP contribution in [0.15, 0.2) is 0 Å². The fraction of sp³-hybridized carbons (Fsp3) is 0.889. The molecule has 0 radical (unpaired) electrons. The Balaban J connectivity index is 4.12. The van der Waals surface area contributed by atoms with E-state index in [0.717, 1.165) is 6.54 Å². The summed E-state index contributed by atoms with van der Waals surface area (Å²) < 4.78 is 0. The Kier molecular flexibility index (Phi) is 4.90. The molecule has 0 fully saturated rings. The normalized spacial score (nSPS) is 13.8. The average Bonchev–Trinajstić information content (AvgIpc) is 1.98. The molecule has 0 heterocycles. The summed E-state index contributed by atoms with van der Waals surface area (Å²) in [6.07, 6.45) is 0.238. The van der Waals surface area contributed by atoms with Gasteiger partial charge in [0.25, 0.3) is 0 Å². The summed E-state index contributed by atoms with van der Waals surface area (Å²) in [6, 6.07) is 0.160. The molecule has 1 unspecified atom stereocenters. The summed E-state index contributed by atoms with van der Waals surface area (Å²) in [5.41, 5.74) is 0. The van der Waals surface area contributed by atoms with Crippen LogP contribution in [0.4, 0.5) is 0 Å². The van der Waals surface area contributed by atoms with Crippen molar-refractivity contribution in [2.45, 2.75) is 33.2 Å². The van der Waals surface area contributed by atoms with Gasteiger partial charge in [0.05, 0.1) is 6.42 Å². The van der Waals surface area contributed by atoms with Crippen molar-refractivity contribution in [2.24, 2.45) is 5.92 Å².